The Labute approximate surface area is 162 Å². The smallest absolute Gasteiger partial charge is 0.252 e. The summed E-state index contributed by atoms with van der Waals surface area (Å²) in [6.45, 7) is 1.95. The zero-order chi connectivity index (χ0) is 19.2. The molecule has 1 heterocycles. The third-order valence-corrected chi connectivity index (χ3v) is 5.26. The van der Waals surface area contributed by atoms with E-state index in [1.165, 1.54) is 18.0 Å². The maximum absolute atomic E-state index is 13.1. The maximum Gasteiger partial charge on any atom is 0.252 e. The minimum Gasteiger partial charge on any atom is -0.618 e. The number of carbonyl (C=O) groups is 1. The fraction of sp³-hybridized carbons (Fsp3) is 0.143. The number of hydrogen-bond donors (Lipinski definition) is 1. The zero-order valence-electron chi connectivity index (χ0n) is 15.1. The van der Waals surface area contributed by atoms with Gasteiger partial charge in [0.15, 0.2) is 6.20 Å². The van der Waals surface area contributed by atoms with Gasteiger partial charge in [0, 0.05) is 12.1 Å². The topological polar surface area (TPSA) is 65.3 Å². The molecule has 2 aromatic carbocycles. The number of benzene rings is 2. The molecule has 0 saturated heterocycles. The Morgan fingerprint density at radius 1 is 1.11 bits per heavy atom. The van der Waals surface area contributed by atoms with E-state index in [1.807, 2.05) is 55.5 Å². The average Bonchev–Trinajstić information content (AvgIpc) is 2.68. The highest BCUT2D eigenvalue weighted by Crippen LogP contribution is 2.35. The van der Waals surface area contributed by atoms with E-state index in [4.69, 9.17) is 4.74 Å². The number of anilines is 1. The van der Waals surface area contributed by atoms with E-state index >= 15 is 0 Å². The van der Waals surface area contributed by atoms with Crippen LogP contribution in [0.25, 0.3) is 0 Å². The molecule has 0 aliphatic rings. The van der Waals surface area contributed by atoms with E-state index in [-0.39, 0.29) is 5.91 Å². The van der Waals surface area contributed by atoms with Crippen molar-refractivity contribution in [3.63, 3.8) is 0 Å². The predicted octanol–water partition coefficient (Wildman–Crippen LogP) is 4.11. The summed E-state index contributed by atoms with van der Waals surface area (Å²) >= 11 is 1.21. The first-order valence-electron chi connectivity index (χ1n) is 8.44. The second kappa shape index (κ2) is 8.60. The normalized spacial score (nSPS) is 11.6. The number of aryl methyl sites for hydroxylation is 1. The van der Waals surface area contributed by atoms with Crippen molar-refractivity contribution in [2.75, 3.05) is 12.4 Å². The first kappa shape index (κ1) is 18.8. The largest absolute Gasteiger partial charge is 0.618 e. The number of thioether (sulfide) groups is 1. The molecule has 0 spiro atoms. The number of hydrogen-bond acceptors (Lipinski definition) is 4. The van der Waals surface area contributed by atoms with Crippen LogP contribution in [0.1, 0.15) is 16.4 Å². The van der Waals surface area contributed by atoms with E-state index in [0.29, 0.717) is 16.5 Å². The van der Waals surface area contributed by atoms with Gasteiger partial charge in [-0.3, -0.25) is 4.79 Å². The highest BCUT2D eigenvalue weighted by atomic mass is 32.2. The molecule has 5 nitrogen and oxygen atoms in total. The lowest BCUT2D eigenvalue weighted by Crippen LogP contribution is -2.29. The Morgan fingerprint density at radius 2 is 1.85 bits per heavy atom. The van der Waals surface area contributed by atoms with E-state index in [9.17, 15) is 10.0 Å². The van der Waals surface area contributed by atoms with Crippen LogP contribution >= 0.6 is 11.8 Å². The molecule has 1 atom stereocenters. The molecule has 1 aromatic heterocycles. The highest BCUT2D eigenvalue weighted by molar-refractivity contribution is 8.00. The van der Waals surface area contributed by atoms with Gasteiger partial charge >= 0.3 is 0 Å². The van der Waals surface area contributed by atoms with Crippen molar-refractivity contribution >= 4 is 23.4 Å². The first-order valence-corrected chi connectivity index (χ1v) is 9.32. The van der Waals surface area contributed by atoms with Crippen LogP contribution in [0.3, 0.4) is 0 Å². The second-order valence-corrected chi connectivity index (χ2v) is 7.09. The first-order chi connectivity index (χ1) is 13.1. The van der Waals surface area contributed by atoms with Gasteiger partial charge in [0.05, 0.1) is 12.8 Å². The van der Waals surface area contributed by atoms with Gasteiger partial charge in [-0.1, -0.05) is 36.4 Å². The number of methoxy groups -OCH3 is 1. The van der Waals surface area contributed by atoms with Crippen LogP contribution in [0.5, 0.6) is 5.75 Å². The summed E-state index contributed by atoms with van der Waals surface area (Å²) in [7, 11) is 1.56. The SMILES string of the molecule is COc1ccc(C)cc1NC(=O)[C@@H](Sc1cccc[n+]1[O-])c1ccccc1. The Hall–Kier alpha value is -2.99. The average molecular weight is 380 g/mol. The predicted molar refractivity (Wildman–Crippen MR) is 107 cm³/mol. The number of amides is 1. The summed E-state index contributed by atoms with van der Waals surface area (Å²) in [5.41, 5.74) is 2.43. The number of aromatic nitrogens is 1. The lowest BCUT2D eigenvalue weighted by Gasteiger charge is -2.18. The van der Waals surface area contributed by atoms with Crippen molar-refractivity contribution in [1.82, 2.24) is 0 Å². The van der Waals surface area contributed by atoms with Crippen molar-refractivity contribution in [3.8, 4) is 5.75 Å². The lowest BCUT2D eigenvalue weighted by atomic mass is 10.1. The molecule has 27 heavy (non-hydrogen) atoms. The number of nitrogens with one attached hydrogen (secondary N) is 1. The van der Waals surface area contributed by atoms with Crippen LogP contribution in [0.15, 0.2) is 78.0 Å². The summed E-state index contributed by atoms with van der Waals surface area (Å²) < 4.78 is 6.11. The van der Waals surface area contributed by atoms with Gasteiger partial charge in [-0.05, 0) is 48.0 Å². The number of carbonyl (C=O) groups excluding carboxylic acids is 1. The van der Waals surface area contributed by atoms with Gasteiger partial charge in [0.1, 0.15) is 11.0 Å². The number of nitrogens with zero attached hydrogens (tertiary/aromatic N) is 1. The summed E-state index contributed by atoms with van der Waals surface area (Å²) in [5.74, 6) is 0.364. The van der Waals surface area contributed by atoms with Crippen LogP contribution < -0.4 is 14.8 Å². The van der Waals surface area contributed by atoms with Gasteiger partial charge in [0.2, 0.25) is 5.91 Å². The van der Waals surface area contributed by atoms with Crippen molar-refractivity contribution in [2.24, 2.45) is 0 Å². The molecule has 0 unspecified atom stereocenters. The molecular formula is C21H20N2O3S. The minimum absolute atomic E-state index is 0.223. The van der Waals surface area contributed by atoms with E-state index in [2.05, 4.69) is 5.32 Å². The molecule has 0 fully saturated rings. The fourth-order valence-corrected chi connectivity index (χ4v) is 3.67. The lowest BCUT2D eigenvalue weighted by molar-refractivity contribution is -0.645. The molecule has 0 bridgehead atoms. The van der Waals surface area contributed by atoms with Crippen molar-refractivity contribution in [3.05, 3.63) is 89.3 Å². The molecule has 3 aromatic rings. The molecular weight excluding hydrogens is 360 g/mol. The number of rotatable bonds is 6. The van der Waals surface area contributed by atoms with Gasteiger partial charge < -0.3 is 15.3 Å². The summed E-state index contributed by atoms with van der Waals surface area (Å²) in [5, 5.41) is 14.9. The van der Waals surface area contributed by atoms with Gasteiger partial charge in [-0.15, -0.1) is 0 Å². The molecule has 138 valence electrons. The Morgan fingerprint density at radius 3 is 2.56 bits per heavy atom. The highest BCUT2D eigenvalue weighted by Gasteiger charge is 2.26. The zero-order valence-corrected chi connectivity index (χ0v) is 15.9. The monoisotopic (exact) mass is 380 g/mol. The van der Waals surface area contributed by atoms with E-state index in [0.717, 1.165) is 15.9 Å². The van der Waals surface area contributed by atoms with Crippen LogP contribution in [-0.4, -0.2) is 13.0 Å². The Bertz CT molecular complexity index is 932. The summed E-state index contributed by atoms with van der Waals surface area (Å²) in [6, 6.07) is 20.1. The third kappa shape index (κ3) is 4.60. The summed E-state index contributed by atoms with van der Waals surface area (Å²) in [4.78, 5) is 13.1. The fourth-order valence-electron chi connectivity index (χ4n) is 2.64. The standard InChI is InChI=1S/C21H20N2O3S/c1-15-11-12-18(26-2)17(14-15)22-21(24)20(16-8-4-3-5-9-16)27-19-10-6-7-13-23(19)25/h3-14,20H,1-2H3,(H,22,24)/t20-/m0/s1. The van der Waals surface area contributed by atoms with Crippen LogP contribution in [0, 0.1) is 12.1 Å². The van der Waals surface area contributed by atoms with Gasteiger partial charge in [0.25, 0.3) is 5.03 Å². The van der Waals surface area contributed by atoms with Crippen molar-refractivity contribution in [1.29, 1.82) is 0 Å². The molecule has 0 radical (unpaired) electrons. The van der Waals surface area contributed by atoms with E-state index in [1.54, 1.807) is 25.3 Å². The second-order valence-electron chi connectivity index (χ2n) is 5.97. The minimum atomic E-state index is -0.584. The summed E-state index contributed by atoms with van der Waals surface area (Å²) in [6.07, 6.45) is 1.42. The Kier molecular flexibility index (Phi) is 5.98. The third-order valence-electron chi connectivity index (χ3n) is 3.98. The van der Waals surface area contributed by atoms with Gasteiger partial charge in [-0.25, -0.2) is 0 Å². The molecule has 0 aliphatic heterocycles. The molecule has 1 N–H and O–H groups in total. The molecule has 6 heteroatoms. The van der Waals surface area contributed by atoms with E-state index < -0.39 is 5.25 Å². The van der Waals surface area contributed by atoms with Crippen LogP contribution in [0.4, 0.5) is 5.69 Å². The Balaban J connectivity index is 1.92. The van der Waals surface area contributed by atoms with Crippen LogP contribution in [-0.2, 0) is 4.79 Å². The molecule has 1 amide bonds. The molecule has 3 rings (SSSR count). The van der Waals surface area contributed by atoms with Gasteiger partial charge in [-0.2, -0.15) is 4.73 Å². The van der Waals surface area contributed by atoms with Crippen molar-refractivity contribution in [2.45, 2.75) is 17.2 Å². The maximum atomic E-state index is 13.1. The van der Waals surface area contributed by atoms with Crippen LogP contribution in [0.2, 0.25) is 0 Å². The molecule has 0 saturated carbocycles. The number of ether oxygens (including phenoxy) is 1. The number of pyridine rings is 1. The quantitative estimate of drug-likeness (QED) is 0.397. The molecule has 0 aliphatic carbocycles. The van der Waals surface area contributed by atoms with Crippen molar-refractivity contribution < 1.29 is 14.3 Å².